The maximum Gasteiger partial charge on any atom is 0.232 e. The van der Waals surface area contributed by atoms with Crippen LogP contribution < -0.4 is 5.73 Å². The van der Waals surface area contributed by atoms with Crippen molar-refractivity contribution in [3.63, 3.8) is 0 Å². The van der Waals surface area contributed by atoms with Crippen molar-refractivity contribution >= 4 is 15.7 Å². The summed E-state index contributed by atoms with van der Waals surface area (Å²) in [4.78, 5) is 9.97. The number of rotatable bonds is 3. The minimum atomic E-state index is -3.43. The van der Waals surface area contributed by atoms with E-state index < -0.39 is 21.5 Å². The van der Waals surface area contributed by atoms with Crippen molar-refractivity contribution in [2.45, 2.75) is 20.3 Å². The maximum absolute atomic E-state index is 10.4. The number of carbonyl (C=O) groups excluding carboxylic acids is 1. The zero-order chi connectivity index (χ0) is 10.2. The first-order valence-electron chi connectivity index (χ1n) is 3.53. The molecule has 5 heteroatoms. The molecule has 0 unspecified atom stereocenters. The smallest absolute Gasteiger partial charge is 0.232 e. The second kappa shape index (κ2) is 6.84. The highest BCUT2D eigenvalue weighted by Crippen LogP contribution is 1.87. The van der Waals surface area contributed by atoms with Crippen LogP contribution >= 0.6 is 0 Å². The first kappa shape index (κ1) is 13.7. The van der Waals surface area contributed by atoms with Crippen molar-refractivity contribution in [3.8, 4) is 0 Å². The zero-order valence-corrected chi connectivity index (χ0v) is 8.23. The Bertz CT molecular complexity index is 231. The molecule has 1 amide bonds. The van der Waals surface area contributed by atoms with Crippen molar-refractivity contribution in [1.82, 2.24) is 0 Å². The molecule has 0 atom stereocenters. The molecule has 0 aromatic carbocycles. The minimum absolute atomic E-state index is 0.656. The van der Waals surface area contributed by atoms with Crippen molar-refractivity contribution in [2.24, 2.45) is 5.73 Å². The van der Waals surface area contributed by atoms with Gasteiger partial charge in [-0.2, -0.15) is 0 Å². The van der Waals surface area contributed by atoms with E-state index in [1.165, 1.54) is 6.42 Å². The Balaban J connectivity index is 0. The molecule has 0 rings (SSSR count). The molecule has 0 heterocycles. The Hall–Kier alpha value is -0.840. The summed E-state index contributed by atoms with van der Waals surface area (Å²) in [6.07, 6.45) is 1.25. The highest BCUT2D eigenvalue weighted by atomic mass is 32.2. The Morgan fingerprint density at radius 2 is 1.83 bits per heavy atom. The highest BCUT2D eigenvalue weighted by Gasteiger charge is 2.07. The number of carbonyl (C=O) groups is 1. The average molecular weight is 193 g/mol. The molecule has 72 valence electrons. The SMILES string of the molecule is C=CS(=O)(=O)CC(N)=O.CCC. The minimum Gasteiger partial charge on any atom is -0.369 e. The molecule has 0 saturated carbocycles. The summed E-state index contributed by atoms with van der Waals surface area (Å²) in [5.41, 5.74) is 4.59. The lowest BCUT2D eigenvalue weighted by Gasteiger charge is -1.89. The Labute approximate surface area is 73.4 Å². The van der Waals surface area contributed by atoms with Crippen molar-refractivity contribution in [1.29, 1.82) is 0 Å². The number of primary amides is 1. The highest BCUT2D eigenvalue weighted by molar-refractivity contribution is 7.94. The van der Waals surface area contributed by atoms with Gasteiger partial charge in [-0.1, -0.05) is 26.8 Å². The number of amides is 1. The largest absolute Gasteiger partial charge is 0.369 e. The van der Waals surface area contributed by atoms with Crippen LogP contribution in [0, 0.1) is 0 Å². The summed E-state index contributed by atoms with van der Waals surface area (Å²) in [7, 11) is -3.43. The van der Waals surface area contributed by atoms with Gasteiger partial charge in [0.2, 0.25) is 5.91 Å². The molecule has 0 aromatic rings. The van der Waals surface area contributed by atoms with Gasteiger partial charge in [0.25, 0.3) is 0 Å². The van der Waals surface area contributed by atoms with Crippen LogP contribution in [0.2, 0.25) is 0 Å². The standard InChI is InChI=1S/C4H7NO3S.C3H8/c1-2-9(7,8)3-4(5)6;1-3-2/h2H,1,3H2,(H2,5,6);3H2,1-2H3. The first-order chi connectivity index (χ1) is 5.39. The quantitative estimate of drug-likeness (QED) is 0.706. The molecule has 0 fully saturated rings. The fraction of sp³-hybridized carbons (Fsp3) is 0.571. The summed E-state index contributed by atoms with van der Waals surface area (Å²) >= 11 is 0. The van der Waals surface area contributed by atoms with Gasteiger partial charge in [-0.05, 0) is 0 Å². The lowest BCUT2D eigenvalue weighted by molar-refractivity contribution is -0.115. The Kier molecular flexibility index (Phi) is 7.83. The van der Waals surface area contributed by atoms with E-state index in [4.69, 9.17) is 0 Å². The van der Waals surface area contributed by atoms with Gasteiger partial charge in [-0.15, -0.1) is 0 Å². The van der Waals surface area contributed by atoms with E-state index >= 15 is 0 Å². The van der Waals surface area contributed by atoms with Crippen LogP contribution in [0.15, 0.2) is 12.0 Å². The number of sulfone groups is 1. The third-order valence-electron chi connectivity index (χ3n) is 0.597. The summed E-state index contributed by atoms with van der Waals surface area (Å²) in [6, 6.07) is 0. The van der Waals surface area contributed by atoms with Crippen LogP contribution in [-0.4, -0.2) is 20.1 Å². The third-order valence-corrected chi connectivity index (χ3v) is 1.79. The van der Waals surface area contributed by atoms with Crippen molar-refractivity contribution in [3.05, 3.63) is 12.0 Å². The van der Waals surface area contributed by atoms with E-state index in [9.17, 15) is 13.2 Å². The van der Waals surface area contributed by atoms with Crippen LogP contribution in [0.3, 0.4) is 0 Å². The van der Waals surface area contributed by atoms with Crippen LogP contribution in [0.25, 0.3) is 0 Å². The predicted octanol–water partition coefficient (Wildman–Crippen LogP) is 0.446. The Morgan fingerprint density at radius 3 is 1.92 bits per heavy atom. The van der Waals surface area contributed by atoms with Gasteiger partial charge in [-0.3, -0.25) is 4.79 Å². The van der Waals surface area contributed by atoms with E-state index in [2.05, 4.69) is 26.2 Å². The second-order valence-corrected chi connectivity index (χ2v) is 4.10. The molecule has 12 heavy (non-hydrogen) atoms. The topological polar surface area (TPSA) is 77.2 Å². The molecule has 0 bridgehead atoms. The van der Waals surface area contributed by atoms with Crippen LogP contribution in [0.5, 0.6) is 0 Å². The normalized spacial score (nSPS) is 9.50. The predicted molar refractivity (Wildman–Crippen MR) is 49.1 cm³/mol. The van der Waals surface area contributed by atoms with Crippen molar-refractivity contribution in [2.75, 3.05) is 5.75 Å². The van der Waals surface area contributed by atoms with Gasteiger partial charge < -0.3 is 5.73 Å². The number of hydrogen-bond donors (Lipinski definition) is 1. The average Bonchev–Trinajstić information content (AvgIpc) is 1.87. The van der Waals surface area contributed by atoms with Crippen LogP contribution in [-0.2, 0) is 14.6 Å². The third kappa shape index (κ3) is 11.9. The van der Waals surface area contributed by atoms with Gasteiger partial charge >= 0.3 is 0 Å². The summed E-state index contributed by atoms with van der Waals surface area (Å²) in [5, 5.41) is 0.706. The summed E-state index contributed by atoms with van der Waals surface area (Å²) < 4.78 is 20.8. The zero-order valence-electron chi connectivity index (χ0n) is 7.41. The summed E-state index contributed by atoms with van der Waals surface area (Å²) in [5.74, 6) is -1.52. The fourth-order valence-corrected chi connectivity index (χ4v) is 0.772. The van der Waals surface area contributed by atoms with E-state index in [0.717, 1.165) is 0 Å². The number of hydrogen-bond acceptors (Lipinski definition) is 3. The molecule has 4 nitrogen and oxygen atoms in total. The Morgan fingerprint density at radius 1 is 1.50 bits per heavy atom. The molecule has 0 saturated heterocycles. The monoisotopic (exact) mass is 193 g/mol. The molecule has 0 aliphatic carbocycles. The lowest BCUT2D eigenvalue weighted by Crippen LogP contribution is -2.21. The van der Waals surface area contributed by atoms with Gasteiger partial charge in [0.1, 0.15) is 5.75 Å². The van der Waals surface area contributed by atoms with E-state index in [-0.39, 0.29) is 0 Å². The van der Waals surface area contributed by atoms with Crippen LogP contribution in [0.4, 0.5) is 0 Å². The van der Waals surface area contributed by atoms with E-state index in [1.807, 2.05) is 0 Å². The molecule has 0 aromatic heterocycles. The van der Waals surface area contributed by atoms with E-state index in [0.29, 0.717) is 5.41 Å². The molecule has 2 N–H and O–H groups in total. The van der Waals surface area contributed by atoms with Gasteiger partial charge in [0.15, 0.2) is 9.84 Å². The second-order valence-electron chi connectivity index (χ2n) is 2.15. The molecule has 0 aliphatic heterocycles. The lowest BCUT2D eigenvalue weighted by atomic mass is 10.6. The molecule has 0 spiro atoms. The summed E-state index contributed by atoms with van der Waals surface area (Å²) in [6.45, 7) is 7.24. The first-order valence-corrected chi connectivity index (χ1v) is 5.24. The maximum atomic E-state index is 10.4. The van der Waals surface area contributed by atoms with Gasteiger partial charge in [-0.25, -0.2) is 8.42 Å². The molecular weight excluding hydrogens is 178 g/mol. The fourth-order valence-electron chi connectivity index (χ4n) is 0.257. The molecule has 0 aliphatic rings. The number of nitrogens with two attached hydrogens (primary N) is 1. The van der Waals surface area contributed by atoms with E-state index in [1.54, 1.807) is 0 Å². The van der Waals surface area contributed by atoms with Crippen molar-refractivity contribution < 1.29 is 13.2 Å². The molecule has 0 radical (unpaired) electrons. The van der Waals surface area contributed by atoms with Gasteiger partial charge in [0, 0.05) is 5.41 Å². The molecular formula is C7H15NO3S. The van der Waals surface area contributed by atoms with Gasteiger partial charge in [0.05, 0.1) is 0 Å². The van der Waals surface area contributed by atoms with Crippen LogP contribution in [0.1, 0.15) is 20.3 Å².